The molecule has 0 N–H and O–H groups in total. The van der Waals surface area contributed by atoms with Crippen molar-refractivity contribution in [2.24, 2.45) is 5.92 Å². The van der Waals surface area contributed by atoms with Crippen molar-refractivity contribution in [2.75, 3.05) is 13.2 Å². The highest BCUT2D eigenvalue weighted by Gasteiger charge is 2.29. The van der Waals surface area contributed by atoms with Gasteiger partial charge in [-0.15, -0.1) is 0 Å². The molecule has 3 unspecified atom stereocenters. The second kappa shape index (κ2) is 4.38. The Hall–Kier alpha value is 0.330. The van der Waals surface area contributed by atoms with Crippen molar-refractivity contribution in [1.82, 2.24) is 4.67 Å². The Morgan fingerprint density at radius 2 is 2.45 bits per heavy atom. The summed E-state index contributed by atoms with van der Waals surface area (Å²) >= 11 is 0. The molecule has 0 spiro atoms. The Labute approximate surface area is 71.6 Å². The number of nitrogens with zero attached hydrogens (tertiary/aromatic N) is 1. The van der Waals surface area contributed by atoms with Gasteiger partial charge in [0.25, 0.3) is 0 Å². The zero-order valence-corrected chi connectivity index (χ0v) is 9.05. The fourth-order valence-corrected chi connectivity index (χ4v) is 3.64. The van der Waals surface area contributed by atoms with Crippen molar-refractivity contribution >= 4 is 22.6 Å². The minimum absolute atomic E-state index is 0.346. The van der Waals surface area contributed by atoms with E-state index >= 15 is 0 Å². The van der Waals surface area contributed by atoms with Gasteiger partial charge in [-0.25, -0.2) is 0 Å². The first-order chi connectivity index (χ1) is 5.29. The molecule has 0 bridgehead atoms. The molecule has 0 aliphatic carbocycles. The highest BCUT2D eigenvalue weighted by atomic mass is 32.0. The molecule has 1 aliphatic heterocycles. The van der Waals surface area contributed by atoms with E-state index in [1.807, 2.05) is 4.67 Å². The van der Waals surface area contributed by atoms with Crippen LogP contribution in [-0.2, 0) is 4.79 Å². The number of hydrogen-bond acceptors (Lipinski definition) is 1. The van der Waals surface area contributed by atoms with Crippen LogP contribution in [0.3, 0.4) is 0 Å². The lowest BCUT2D eigenvalue weighted by molar-refractivity contribution is -0.126. The molecule has 1 heterocycles. The molecule has 1 rings (SSSR count). The molecule has 1 fully saturated rings. The minimum Gasteiger partial charge on any atom is -0.321 e. The van der Waals surface area contributed by atoms with E-state index in [1.165, 1.54) is 0 Å². The second-order valence-electron chi connectivity index (χ2n) is 2.75. The third kappa shape index (κ3) is 2.13. The summed E-state index contributed by atoms with van der Waals surface area (Å²) in [4.78, 5) is 11.5. The van der Waals surface area contributed by atoms with E-state index in [0.717, 1.165) is 36.1 Å². The van der Waals surface area contributed by atoms with Crippen LogP contribution in [0.15, 0.2) is 0 Å². The van der Waals surface area contributed by atoms with Crippen LogP contribution in [0.4, 0.5) is 0 Å². The molecule has 0 radical (unpaired) electrons. The Balaban J connectivity index is 2.42. The molecular weight excluding hydrogens is 176 g/mol. The van der Waals surface area contributed by atoms with Gasteiger partial charge < -0.3 is 4.67 Å². The summed E-state index contributed by atoms with van der Waals surface area (Å²) in [5.41, 5.74) is 0. The molecule has 64 valence electrons. The molecule has 4 heteroatoms. The van der Waals surface area contributed by atoms with Crippen LogP contribution in [0.2, 0.25) is 0 Å². The van der Waals surface area contributed by atoms with Gasteiger partial charge in [0.15, 0.2) is 0 Å². The topological polar surface area (TPSA) is 20.3 Å². The Kier molecular flexibility index (Phi) is 3.75. The normalized spacial score (nSPS) is 26.9. The van der Waals surface area contributed by atoms with Crippen molar-refractivity contribution in [2.45, 2.75) is 19.8 Å². The fraction of sp³-hybridized carbons (Fsp3) is 0.857. The molecule has 0 aromatic heterocycles. The first-order valence-corrected chi connectivity index (χ1v) is 7.48. The van der Waals surface area contributed by atoms with E-state index in [2.05, 4.69) is 13.6 Å². The summed E-state index contributed by atoms with van der Waals surface area (Å²) in [6.45, 7) is 5.27. The largest absolute Gasteiger partial charge is 0.321 e. The number of hydrogen-bond donors (Lipinski definition) is 0. The van der Waals surface area contributed by atoms with Gasteiger partial charge in [0, 0.05) is 20.9 Å². The molecule has 2 nitrogen and oxygen atoms in total. The molecule has 1 saturated heterocycles. The molecular formula is C7H15NOP2. The van der Waals surface area contributed by atoms with Gasteiger partial charge in [-0.05, 0) is 19.5 Å². The van der Waals surface area contributed by atoms with E-state index < -0.39 is 0 Å². The quantitative estimate of drug-likeness (QED) is 0.625. The van der Waals surface area contributed by atoms with E-state index in [1.54, 1.807) is 0 Å². The number of amides is 1. The van der Waals surface area contributed by atoms with E-state index in [0.29, 0.717) is 11.8 Å². The first-order valence-electron chi connectivity index (χ1n) is 4.03. The van der Waals surface area contributed by atoms with Crippen LogP contribution in [0.1, 0.15) is 19.8 Å². The lowest BCUT2D eigenvalue weighted by Gasteiger charge is -2.14. The predicted octanol–water partition coefficient (Wildman–Crippen LogP) is 2.06. The third-order valence-corrected chi connectivity index (χ3v) is 4.47. The van der Waals surface area contributed by atoms with Gasteiger partial charge >= 0.3 is 0 Å². The van der Waals surface area contributed by atoms with Crippen LogP contribution in [0.5, 0.6) is 0 Å². The summed E-state index contributed by atoms with van der Waals surface area (Å²) < 4.78 is 2.03. The highest BCUT2D eigenvalue weighted by molar-refractivity contribution is 8.10. The summed E-state index contributed by atoms with van der Waals surface area (Å²) in [5.74, 6) is 0.749. The summed E-state index contributed by atoms with van der Waals surface area (Å²) in [6, 6.07) is 0. The third-order valence-electron chi connectivity index (χ3n) is 2.06. The Morgan fingerprint density at radius 3 is 2.91 bits per heavy atom. The van der Waals surface area contributed by atoms with Gasteiger partial charge in [-0.2, -0.15) is 0 Å². The van der Waals surface area contributed by atoms with Crippen LogP contribution in [0, 0.1) is 5.92 Å². The average molecular weight is 191 g/mol. The summed E-state index contributed by atoms with van der Waals surface area (Å²) in [7, 11) is 1.65. The number of rotatable bonds is 3. The molecule has 3 atom stereocenters. The van der Waals surface area contributed by atoms with Crippen molar-refractivity contribution in [3.05, 3.63) is 0 Å². The van der Waals surface area contributed by atoms with E-state index in [-0.39, 0.29) is 0 Å². The van der Waals surface area contributed by atoms with Crippen LogP contribution in [0.25, 0.3) is 0 Å². The maximum atomic E-state index is 11.5. The maximum absolute atomic E-state index is 11.5. The lowest BCUT2D eigenvalue weighted by Crippen LogP contribution is -2.17. The summed E-state index contributed by atoms with van der Waals surface area (Å²) in [6.07, 6.45) is 2.11. The van der Waals surface area contributed by atoms with Gasteiger partial charge in [-0.1, -0.05) is 15.2 Å². The maximum Gasteiger partial charge on any atom is 0.229 e. The van der Waals surface area contributed by atoms with Gasteiger partial charge in [0.1, 0.15) is 0 Å². The van der Waals surface area contributed by atoms with Crippen molar-refractivity contribution in [3.8, 4) is 0 Å². The lowest BCUT2D eigenvalue weighted by atomic mass is 10.1. The minimum atomic E-state index is 0.346. The predicted molar refractivity (Wildman–Crippen MR) is 52.7 cm³/mol. The average Bonchev–Trinajstić information content (AvgIpc) is 2.34. The molecule has 0 aromatic rings. The number of carbonyl (C=O) groups excluding carboxylic acids is 1. The number of carbonyl (C=O) groups is 1. The summed E-state index contributed by atoms with van der Waals surface area (Å²) in [5, 5.41) is 0. The Bertz CT molecular complexity index is 151. The van der Waals surface area contributed by atoms with E-state index in [9.17, 15) is 4.79 Å². The monoisotopic (exact) mass is 191 g/mol. The van der Waals surface area contributed by atoms with Crippen LogP contribution >= 0.6 is 16.7 Å². The van der Waals surface area contributed by atoms with Crippen molar-refractivity contribution in [1.29, 1.82) is 0 Å². The fourth-order valence-electron chi connectivity index (χ4n) is 1.36. The van der Waals surface area contributed by atoms with Gasteiger partial charge in [0.05, 0.1) is 0 Å². The molecule has 11 heavy (non-hydrogen) atoms. The van der Waals surface area contributed by atoms with Gasteiger partial charge in [0.2, 0.25) is 5.91 Å². The smallest absolute Gasteiger partial charge is 0.229 e. The Morgan fingerprint density at radius 1 is 1.73 bits per heavy atom. The first kappa shape index (κ1) is 9.42. The standard InChI is InChI=1S/C7H15NOP2/c1-3-6-4-5-8(7(6)9)11-10-2/h6,10-11H,3-5H2,1-2H3. The molecule has 1 aliphatic rings. The van der Waals surface area contributed by atoms with Crippen LogP contribution < -0.4 is 0 Å². The van der Waals surface area contributed by atoms with Crippen molar-refractivity contribution in [3.63, 3.8) is 0 Å². The highest BCUT2D eigenvalue weighted by Crippen LogP contribution is 2.41. The molecule has 1 amide bonds. The molecule has 0 aromatic carbocycles. The van der Waals surface area contributed by atoms with Gasteiger partial charge in [-0.3, -0.25) is 4.79 Å². The second-order valence-corrected chi connectivity index (χ2v) is 6.18. The molecule has 0 saturated carbocycles. The zero-order valence-electron chi connectivity index (χ0n) is 7.05. The van der Waals surface area contributed by atoms with Crippen LogP contribution in [-0.4, -0.2) is 23.8 Å². The SMILES string of the molecule is CCC1CCN(PPC)C1=O. The zero-order chi connectivity index (χ0) is 8.27. The van der Waals surface area contributed by atoms with E-state index in [4.69, 9.17) is 0 Å². The van der Waals surface area contributed by atoms with Crippen molar-refractivity contribution < 1.29 is 4.79 Å².